The highest BCUT2D eigenvalue weighted by Gasteiger charge is 2.23. The molecule has 6 rings (SSSR count). The first-order chi connectivity index (χ1) is 19.1. The second-order valence-electron chi connectivity index (χ2n) is 9.96. The molecule has 0 atom stereocenters. The van der Waals surface area contributed by atoms with Gasteiger partial charge in [-0.3, -0.25) is 4.98 Å². The molecule has 0 unspecified atom stereocenters. The van der Waals surface area contributed by atoms with Crippen molar-refractivity contribution < 1.29 is 14.6 Å². The number of aromatic nitrogens is 3. The zero-order chi connectivity index (χ0) is 26.8. The Labute approximate surface area is 244 Å². The van der Waals surface area contributed by atoms with Gasteiger partial charge in [-0.05, 0) is 96.3 Å². The molecule has 0 radical (unpaired) electrons. The van der Waals surface area contributed by atoms with E-state index in [0.717, 1.165) is 52.2 Å². The fourth-order valence-electron chi connectivity index (χ4n) is 5.50. The summed E-state index contributed by atoms with van der Waals surface area (Å²) in [6.07, 6.45) is 9.37. The number of ether oxygens (including phenoxy) is 1. The Bertz CT molecular complexity index is 1630. The molecule has 0 bridgehead atoms. The maximum Gasteiger partial charge on any atom is 0.335 e. The summed E-state index contributed by atoms with van der Waals surface area (Å²) >= 11 is 6.30. The zero-order valence-corrected chi connectivity index (χ0v) is 23.4. The lowest BCUT2D eigenvalue weighted by molar-refractivity contribution is 0.0697. The summed E-state index contributed by atoms with van der Waals surface area (Å²) in [6.45, 7) is 0.371. The lowest BCUT2D eigenvalue weighted by atomic mass is 9.95. The van der Waals surface area contributed by atoms with Crippen molar-refractivity contribution in [1.82, 2.24) is 14.5 Å². The Hall–Kier alpha value is -3.87. The third-order valence-electron chi connectivity index (χ3n) is 7.44. The maximum absolute atomic E-state index is 11.6. The number of carbonyl (C=O) groups is 1. The van der Waals surface area contributed by atoms with Gasteiger partial charge >= 0.3 is 5.97 Å². The molecule has 40 heavy (non-hydrogen) atoms. The number of imidazole rings is 1. The smallest absolute Gasteiger partial charge is 0.335 e. The summed E-state index contributed by atoms with van der Waals surface area (Å²) in [5, 5.41) is 10.1. The van der Waals surface area contributed by atoms with Crippen LogP contribution < -0.4 is 4.74 Å². The van der Waals surface area contributed by atoms with Gasteiger partial charge in [0.2, 0.25) is 0 Å². The third kappa shape index (κ3) is 5.69. The highest BCUT2D eigenvalue weighted by molar-refractivity contribution is 6.30. The number of fused-ring (bicyclic) bond motifs is 1. The number of benzene rings is 3. The Balaban J connectivity index is 0.00000323. The minimum atomic E-state index is -0.945. The largest absolute Gasteiger partial charge is 0.489 e. The van der Waals surface area contributed by atoms with E-state index in [1.165, 1.54) is 19.3 Å². The van der Waals surface area contributed by atoms with Crippen LogP contribution in [0.25, 0.3) is 33.5 Å². The van der Waals surface area contributed by atoms with Gasteiger partial charge in [-0.25, -0.2) is 9.78 Å². The van der Waals surface area contributed by atoms with Gasteiger partial charge in [0, 0.05) is 29.0 Å². The third-order valence-corrected chi connectivity index (χ3v) is 7.68. The van der Waals surface area contributed by atoms with Gasteiger partial charge in [-0.15, -0.1) is 12.4 Å². The number of rotatable bonds is 7. The Morgan fingerprint density at radius 2 is 1.68 bits per heavy atom. The topological polar surface area (TPSA) is 77.2 Å². The van der Waals surface area contributed by atoms with Gasteiger partial charge in [0.1, 0.15) is 18.2 Å². The van der Waals surface area contributed by atoms with Gasteiger partial charge in [0.25, 0.3) is 0 Å². The number of hydrogen-bond donors (Lipinski definition) is 1. The number of halogens is 2. The molecule has 2 aromatic heterocycles. The lowest BCUT2D eigenvalue weighted by Gasteiger charge is -2.25. The molecule has 0 spiro atoms. The molecule has 0 saturated heterocycles. The van der Waals surface area contributed by atoms with Gasteiger partial charge in [0.05, 0.1) is 16.6 Å². The molecular formula is C32H29Cl2N3O3. The molecular weight excluding hydrogens is 545 g/mol. The summed E-state index contributed by atoms with van der Waals surface area (Å²) in [5.41, 5.74) is 6.02. The van der Waals surface area contributed by atoms with Gasteiger partial charge < -0.3 is 14.4 Å². The number of nitrogens with zero attached hydrogens (tertiary/aromatic N) is 3. The van der Waals surface area contributed by atoms with E-state index in [1.54, 1.807) is 24.5 Å². The average Bonchev–Trinajstić information content (AvgIpc) is 3.36. The minimum absolute atomic E-state index is 0. The number of carboxylic acid groups (broad SMARTS) is 1. The molecule has 5 aromatic rings. The fourth-order valence-corrected chi connectivity index (χ4v) is 5.70. The number of aromatic carboxylic acids is 1. The van der Waals surface area contributed by atoms with Crippen LogP contribution in [0.1, 0.15) is 54.1 Å². The lowest BCUT2D eigenvalue weighted by Crippen LogP contribution is -2.14. The summed E-state index contributed by atoms with van der Waals surface area (Å²) in [5.74, 6) is 0.660. The highest BCUT2D eigenvalue weighted by Crippen LogP contribution is 2.37. The van der Waals surface area contributed by atoms with E-state index < -0.39 is 5.97 Å². The molecule has 3 aromatic carbocycles. The summed E-state index contributed by atoms with van der Waals surface area (Å²) in [6, 6.07) is 23.3. The van der Waals surface area contributed by atoms with Crippen molar-refractivity contribution in [2.75, 3.05) is 0 Å². The highest BCUT2D eigenvalue weighted by atomic mass is 35.5. The first kappa shape index (κ1) is 27.7. The van der Waals surface area contributed by atoms with Crippen molar-refractivity contribution >= 4 is 41.0 Å². The van der Waals surface area contributed by atoms with Crippen molar-refractivity contribution in [2.45, 2.75) is 44.8 Å². The van der Waals surface area contributed by atoms with Crippen LogP contribution in [0, 0.1) is 0 Å². The standard InChI is InChI=1S/C32H28ClN3O3.ClH/c33-25-9-12-28(21-14-16-34-17-15-21)24(18-25)20-39-27-10-6-22(7-11-27)31-35-29-19-23(32(37)38)8-13-30(29)36(31)26-4-2-1-3-5-26;/h6-19,26H,1-5,20H2,(H,37,38);1H. The average molecular weight is 575 g/mol. The minimum Gasteiger partial charge on any atom is -0.489 e. The second kappa shape index (κ2) is 12.1. The number of pyridine rings is 1. The van der Waals surface area contributed by atoms with E-state index in [9.17, 15) is 9.90 Å². The first-order valence-electron chi connectivity index (χ1n) is 13.2. The van der Waals surface area contributed by atoms with Crippen LogP contribution in [0.2, 0.25) is 5.02 Å². The predicted molar refractivity (Wildman–Crippen MR) is 161 cm³/mol. The molecule has 1 aliphatic rings. The van der Waals surface area contributed by atoms with E-state index in [1.807, 2.05) is 60.7 Å². The van der Waals surface area contributed by atoms with Crippen LogP contribution in [0.5, 0.6) is 5.75 Å². The number of carboxylic acids is 1. The normalized spacial score (nSPS) is 13.6. The first-order valence-corrected chi connectivity index (χ1v) is 13.6. The van der Waals surface area contributed by atoms with Crippen LogP contribution in [-0.4, -0.2) is 25.6 Å². The Kier molecular flexibility index (Phi) is 8.38. The second-order valence-corrected chi connectivity index (χ2v) is 10.4. The molecule has 6 nitrogen and oxygen atoms in total. The monoisotopic (exact) mass is 573 g/mol. The summed E-state index contributed by atoms with van der Waals surface area (Å²) < 4.78 is 8.49. The van der Waals surface area contributed by atoms with Crippen LogP contribution in [0.3, 0.4) is 0 Å². The maximum atomic E-state index is 11.6. The van der Waals surface area contributed by atoms with Gasteiger partial charge in [0.15, 0.2) is 0 Å². The Morgan fingerprint density at radius 1 is 0.925 bits per heavy atom. The molecule has 8 heteroatoms. The van der Waals surface area contributed by atoms with Crippen LogP contribution >= 0.6 is 24.0 Å². The molecule has 0 aliphatic heterocycles. The SMILES string of the molecule is Cl.O=C(O)c1ccc2c(c1)nc(-c1ccc(OCc3cc(Cl)ccc3-c3ccncc3)cc1)n2C1CCCCC1. The van der Waals surface area contributed by atoms with Crippen molar-refractivity contribution in [3.05, 3.63) is 101 Å². The summed E-state index contributed by atoms with van der Waals surface area (Å²) in [4.78, 5) is 20.6. The van der Waals surface area contributed by atoms with E-state index in [2.05, 4.69) is 9.55 Å². The molecule has 1 saturated carbocycles. The molecule has 204 valence electrons. The molecule has 1 aliphatic carbocycles. The summed E-state index contributed by atoms with van der Waals surface area (Å²) in [7, 11) is 0. The van der Waals surface area contributed by atoms with Gasteiger partial charge in [-0.1, -0.05) is 36.9 Å². The fraction of sp³-hybridized carbons (Fsp3) is 0.219. The van der Waals surface area contributed by atoms with E-state index in [0.29, 0.717) is 23.2 Å². The van der Waals surface area contributed by atoms with Crippen LogP contribution in [0.4, 0.5) is 0 Å². The molecule has 0 amide bonds. The van der Waals surface area contributed by atoms with Crippen LogP contribution in [0.15, 0.2) is 85.2 Å². The quantitative estimate of drug-likeness (QED) is 0.211. The van der Waals surface area contributed by atoms with Crippen molar-refractivity contribution in [1.29, 1.82) is 0 Å². The Morgan fingerprint density at radius 3 is 2.40 bits per heavy atom. The molecule has 2 heterocycles. The van der Waals surface area contributed by atoms with Crippen molar-refractivity contribution in [3.8, 4) is 28.3 Å². The van der Waals surface area contributed by atoms with Crippen molar-refractivity contribution in [2.24, 2.45) is 0 Å². The van der Waals surface area contributed by atoms with Crippen molar-refractivity contribution in [3.63, 3.8) is 0 Å². The molecule has 1 N–H and O–H groups in total. The molecule has 1 fully saturated rings. The van der Waals surface area contributed by atoms with E-state index in [-0.39, 0.29) is 18.0 Å². The van der Waals surface area contributed by atoms with E-state index >= 15 is 0 Å². The van der Waals surface area contributed by atoms with Crippen LogP contribution in [-0.2, 0) is 6.61 Å². The zero-order valence-electron chi connectivity index (χ0n) is 21.8. The predicted octanol–water partition coefficient (Wildman–Crippen LogP) is 8.62. The number of hydrogen-bond acceptors (Lipinski definition) is 4. The van der Waals surface area contributed by atoms with Gasteiger partial charge in [-0.2, -0.15) is 0 Å². The van der Waals surface area contributed by atoms with E-state index in [4.69, 9.17) is 21.3 Å².